The van der Waals surface area contributed by atoms with Crippen LogP contribution in [-0.4, -0.2) is 11.7 Å². The van der Waals surface area contributed by atoms with Gasteiger partial charge in [0.2, 0.25) is 0 Å². The minimum absolute atomic E-state index is 0.195. The molecule has 1 aromatic rings. The van der Waals surface area contributed by atoms with Gasteiger partial charge in [-0.05, 0) is 48.8 Å². The molecule has 1 aliphatic rings. The van der Waals surface area contributed by atoms with Crippen LogP contribution in [0, 0.1) is 12.3 Å². The lowest BCUT2D eigenvalue weighted by molar-refractivity contribution is 0.211. The molecule has 1 aliphatic carbocycles. The molecule has 1 nitrogen and oxygen atoms in total. The molecule has 0 aliphatic heterocycles. The molecule has 1 N–H and O–H groups in total. The average Bonchev–Trinajstić information content (AvgIpc) is 2.93. The van der Waals surface area contributed by atoms with Crippen molar-refractivity contribution in [3.05, 3.63) is 34.3 Å². The fourth-order valence-electron chi connectivity index (χ4n) is 1.82. The highest BCUT2D eigenvalue weighted by atomic mass is 35.5. The second-order valence-electron chi connectivity index (χ2n) is 4.42. The molecule has 14 heavy (non-hydrogen) atoms. The zero-order chi connectivity index (χ0) is 10.2. The van der Waals surface area contributed by atoms with E-state index in [1.807, 2.05) is 13.0 Å². The Morgan fingerprint density at radius 3 is 2.64 bits per heavy atom. The van der Waals surface area contributed by atoms with Crippen LogP contribution in [0.4, 0.5) is 0 Å². The molecule has 2 heteroatoms. The molecule has 0 bridgehead atoms. The van der Waals surface area contributed by atoms with Crippen molar-refractivity contribution in [2.75, 3.05) is 6.61 Å². The van der Waals surface area contributed by atoms with Crippen LogP contribution in [0.1, 0.15) is 24.0 Å². The summed E-state index contributed by atoms with van der Waals surface area (Å²) in [5.41, 5.74) is 2.61. The Hall–Kier alpha value is -0.530. The highest BCUT2D eigenvalue weighted by molar-refractivity contribution is 6.31. The van der Waals surface area contributed by atoms with Crippen molar-refractivity contribution < 1.29 is 5.11 Å². The monoisotopic (exact) mass is 210 g/mol. The van der Waals surface area contributed by atoms with Crippen molar-refractivity contribution in [2.45, 2.75) is 26.2 Å². The highest BCUT2D eigenvalue weighted by Crippen LogP contribution is 2.47. The quantitative estimate of drug-likeness (QED) is 0.814. The highest BCUT2D eigenvalue weighted by Gasteiger charge is 2.41. The van der Waals surface area contributed by atoms with Crippen LogP contribution in [0.25, 0.3) is 0 Å². The van der Waals surface area contributed by atoms with E-state index in [0.717, 1.165) is 29.8 Å². The Morgan fingerprint density at radius 1 is 1.43 bits per heavy atom. The first-order chi connectivity index (χ1) is 6.65. The molecule has 0 aromatic heterocycles. The van der Waals surface area contributed by atoms with Gasteiger partial charge in [-0.3, -0.25) is 0 Å². The predicted octanol–water partition coefficient (Wildman–Crippen LogP) is 2.96. The molecule has 0 spiro atoms. The second kappa shape index (κ2) is 3.56. The van der Waals surface area contributed by atoms with E-state index in [1.165, 1.54) is 5.56 Å². The summed E-state index contributed by atoms with van der Waals surface area (Å²) in [5.74, 6) is 0. The van der Waals surface area contributed by atoms with Gasteiger partial charge in [-0.15, -0.1) is 0 Å². The van der Waals surface area contributed by atoms with Gasteiger partial charge in [0.1, 0.15) is 0 Å². The smallest absolute Gasteiger partial charge is 0.0490 e. The third-order valence-corrected chi connectivity index (χ3v) is 3.52. The Bertz CT molecular complexity index is 342. The van der Waals surface area contributed by atoms with Crippen molar-refractivity contribution in [1.82, 2.24) is 0 Å². The first-order valence-electron chi connectivity index (χ1n) is 5.01. The van der Waals surface area contributed by atoms with Gasteiger partial charge in [0.05, 0.1) is 0 Å². The molecule has 2 rings (SSSR count). The maximum atomic E-state index is 9.22. The molecule has 0 radical (unpaired) electrons. The number of aliphatic hydroxyl groups is 1. The maximum absolute atomic E-state index is 9.22. The van der Waals surface area contributed by atoms with Gasteiger partial charge in [-0.1, -0.05) is 23.7 Å². The molecule has 1 saturated carbocycles. The van der Waals surface area contributed by atoms with E-state index in [4.69, 9.17) is 11.6 Å². The zero-order valence-corrected chi connectivity index (χ0v) is 9.14. The van der Waals surface area contributed by atoms with Crippen molar-refractivity contribution in [3.63, 3.8) is 0 Å². The SMILES string of the molecule is Cc1cc(CC2(CO)CC2)ccc1Cl. The predicted molar refractivity (Wildman–Crippen MR) is 58.6 cm³/mol. The van der Waals surface area contributed by atoms with Gasteiger partial charge in [-0.2, -0.15) is 0 Å². The van der Waals surface area contributed by atoms with E-state index in [-0.39, 0.29) is 5.41 Å². The molecule has 0 unspecified atom stereocenters. The lowest BCUT2D eigenvalue weighted by Gasteiger charge is -2.12. The summed E-state index contributed by atoms with van der Waals surface area (Å²) >= 11 is 5.95. The topological polar surface area (TPSA) is 20.2 Å². The van der Waals surface area contributed by atoms with Crippen molar-refractivity contribution in [1.29, 1.82) is 0 Å². The summed E-state index contributed by atoms with van der Waals surface area (Å²) in [6.45, 7) is 2.33. The summed E-state index contributed by atoms with van der Waals surface area (Å²) in [7, 11) is 0. The third-order valence-electron chi connectivity index (χ3n) is 3.09. The van der Waals surface area contributed by atoms with Crippen LogP contribution < -0.4 is 0 Å². The number of aryl methyl sites for hydroxylation is 1. The van der Waals surface area contributed by atoms with E-state index in [9.17, 15) is 5.11 Å². The van der Waals surface area contributed by atoms with Crippen LogP contribution >= 0.6 is 11.6 Å². The average molecular weight is 211 g/mol. The van der Waals surface area contributed by atoms with E-state index in [0.29, 0.717) is 6.61 Å². The molecule has 1 fully saturated rings. The number of halogens is 1. The molecule has 76 valence electrons. The Kier molecular flexibility index (Phi) is 2.54. The second-order valence-corrected chi connectivity index (χ2v) is 4.83. The van der Waals surface area contributed by atoms with Gasteiger partial charge >= 0.3 is 0 Å². The van der Waals surface area contributed by atoms with Crippen LogP contribution in [0.2, 0.25) is 5.02 Å². The largest absolute Gasteiger partial charge is 0.396 e. The minimum atomic E-state index is 0.195. The first kappa shape index (κ1) is 10.0. The minimum Gasteiger partial charge on any atom is -0.396 e. The van der Waals surface area contributed by atoms with E-state index >= 15 is 0 Å². The first-order valence-corrected chi connectivity index (χ1v) is 5.39. The molecule has 1 aromatic carbocycles. The number of aliphatic hydroxyl groups excluding tert-OH is 1. The van der Waals surface area contributed by atoms with Crippen LogP contribution in [0.3, 0.4) is 0 Å². The summed E-state index contributed by atoms with van der Waals surface area (Å²) in [6.07, 6.45) is 3.30. The number of rotatable bonds is 3. The van der Waals surface area contributed by atoms with Gasteiger partial charge < -0.3 is 5.11 Å². The summed E-state index contributed by atoms with van der Waals surface area (Å²) in [4.78, 5) is 0. The van der Waals surface area contributed by atoms with E-state index in [1.54, 1.807) is 0 Å². The zero-order valence-electron chi connectivity index (χ0n) is 8.39. The molecule has 0 amide bonds. The van der Waals surface area contributed by atoms with Crippen molar-refractivity contribution >= 4 is 11.6 Å². The molecular formula is C12H15ClO. The maximum Gasteiger partial charge on any atom is 0.0490 e. The Morgan fingerprint density at radius 2 is 2.14 bits per heavy atom. The standard InChI is InChI=1S/C12H15ClO/c1-9-6-10(2-3-11(9)13)7-12(8-14)4-5-12/h2-3,6,14H,4-5,7-8H2,1H3. The Labute approximate surface area is 89.7 Å². The summed E-state index contributed by atoms with van der Waals surface area (Å²) in [6, 6.07) is 6.13. The summed E-state index contributed by atoms with van der Waals surface area (Å²) in [5, 5.41) is 10.0. The number of hydrogen-bond acceptors (Lipinski definition) is 1. The summed E-state index contributed by atoms with van der Waals surface area (Å²) < 4.78 is 0. The van der Waals surface area contributed by atoms with Crippen LogP contribution in [0.5, 0.6) is 0 Å². The number of hydrogen-bond donors (Lipinski definition) is 1. The van der Waals surface area contributed by atoms with Gasteiger partial charge in [0, 0.05) is 11.6 Å². The normalized spacial score (nSPS) is 18.2. The van der Waals surface area contributed by atoms with Crippen LogP contribution in [-0.2, 0) is 6.42 Å². The van der Waals surface area contributed by atoms with Crippen LogP contribution in [0.15, 0.2) is 18.2 Å². The molecule has 0 saturated heterocycles. The van der Waals surface area contributed by atoms with Gasteiger partial charge in [0.25, 0.3) is 0 Å². The fraction of sp³-hybridized carbons (Fsp3) is 0.500. The lowest BCUT2D eigenvalue weighted by atomic mass is 9.96. The van der Waals surface area contributed by atoms with Gasteiger partial charge in [0.15, 0.2) is 0 Å². The molecular weight excluding hydrogens is 196 g/mol. The molecule has 0 atom stereocenters. The number of benzene rings is 1. The third kappa shape index (κ3) is 1.94. The fourth-order valence-corrected chi connectivity index (χ4v) is 1.93. The van der Waals surface area contributed by atoms with Crippen molar-refractivity contribution in [2.24, 2.45) is 5.41 Å². The Balaban J connectivity index is 2.14. The molecule has 0 heterocycles. The lowest BCUT2D eigenvalue weighted by Crippen LogP contribution is -2.10. The van der Waals surface area contributed by atoms with E-state index < -0.39 is 0 Å². The van der Waals surface area contributed by atoms with Gasteiger partial charge in [-0.25, -0.2) is 0 Å². The van der Waals surface area contributed by atoms with Crippen molar-refractivity contribution in [3.8, 4) is 0 Å². The van der Waals surface area contributed by atoms with E-state index in [2.05, 4.69) is 12.1 Å².